The molecule has 0 spiro atoms. The molecule has 1 amide bonds. The minimum Gasteiger partial charge on any atom is -0.387 e. The van der Waals surface area contributed by atoms with Crippen molar-refractivity contribution in [2.75, 3.05) is 12.4 Å². The van der Waals surface area contributed by atoms with Gasteiger partial charge in [0.25, 0.3) is 5.91 Å². The van der Waals surface area contributed by atoms with Crippen LogP contribution in [0.25, 0.3) is 0 Å². The van der Waals surface area contributed by atoms with E-state index < -0.39 is 0 Å². The molecule has 0 saturated heterocycles. The van der Waals surface area contributed by atoms with Crippen molar-refractivity contribution in [3.63, 3.8) is 0 Å². The number of anilines is 1. The molecule has 1 aromatic heterocycles. The summed E-state index contributed by atoms with van der Waals surface area (Å²) in [5.41, 5.74) is 5.25. The molecule has 4 nitrogen and oxygen atoms in total. The molecule has 2 rings (SSSR count). The van der Waals surface area contributed by atoms with Gasteiger partial charge >= 0.3 is 0 Å². The fourth-order valence-corrected chi connectivity index (χ4v) is 2.21. The number of carbonyl (C=O) groups is 1. The van der Waals surface area contributed by atoms with E-state index in [4.69, 9.17) is 0 Å². The van der Waals surface area contributed by atoms with Crippen molar-refractivity contribution < 1.29 is 4.79 Å². The average molecular weight is 261 g/mol. The molecule has 0 fully saturated rings. The van der Waals surface area contributed by atoms with Gasteiger partial charge in [0, 0.05) is 18.1 Å². The van der Waals surface area contributed by atoms with Gasteiger partial charge in [-0.25, -0.2) is 4.98 Å². The van der Waals surface area contributed by atoms with Crippen molar-refractivity contribution in [3.8, 4) is 0 Å². The highest BCUT2D eigenvalue weighted by Crippen LogP contribution is 2.17. The normalized spacial score (nSPS) is 10.1. The number of rotatable bonds is 4. The number of benzene rings is 1. The molecule has 2 aromatic rings. The number of nitrogens with one attached hydrogen (secondary N) is 2. The highest BCUT2D eigenvalue weighted by molar-refractivity contribution is 7.07. The van der Waals surface area contributed by atoms with Gasteiger partial charge < -0.3 is 10.6 Å². The van der Waals surface area contributed by atoms with Gasteiger partial charge in [0.15, 0.2) is 0 Å². The topological polar surface area (TPSA) is 54.0 Å². The molecule has 94 valence electrons. The Kier molecular flexibility index (Phi) is 3.94. The van der Waals surface area contributed by atoms with Gasteiger partial charge in [-0.2, -0.15) is 0 Å². The van der Waals surface area contributed by atoms with E-state index in [1.165, 1.54) is 11.3 Å². The lowest BCUT2D eigenvalue weighted by Gasteiger charge is -2.10. The smallest absolute Gasteiger partial charge is 0.253 e. The third-order valence-electron chi connectivity index (χ3n) is 2.60. The number of thiazole rings is 1. The van der Waals surface area contributed by atoms with Crippen LogP contribution in [-0.4, -0.2) is 17.9 Å². The number of hydrogen-bond acceptors (Lipinski definition) is 4. The van der Waals surface area contributed by atoms with Gasteiger partial charge in [0.1, 0.15) is 0 Å². The summed E-state index contributed by atoms with van der Waals surface area (Å²) >= 11 is 1.52. The maximum atomic E-state index is 12.1. The van der Waals surface area contributed by atoms with Gasteiger partial charge in [-0.3, -0.25) is 4.79 Å². The van der Waals surface area contributed by atoms with Crippen molar-refractivity contribution in [1.29, 1.82) is 0 Å². The van der Waals surface area contributed by atoms with Gasteiger partial charge in [-0.1, -0.05) is 6.07 Å². The lowest BCUT2D eigenvalue weighted by atomic mass is 10.1. The Hall–Kier alpha value is -1.88. The Labute approximate surface area is 110 Å². The molecule has 5 heteroatoms. The van der Waals surface area contributed by atoms with E-state index in [1.54, 1.807) is 5.51 Å². The Morgan fingerprint density at radius 1 is 1.44 bits per heavy atom. The standard InChI is InChI=1S/C13H15N3OS/c1-9-3-4-11(12(5-9)14-2)13(17)15-6-10-7-18-8-16-10/h3-5,7-8,14H,6H2,1-2H3,(H,15,17). The van der Waals surface area contributed by atoms with Crippen LogP contribution in [0.3, 0.4) is 0 Å². The van der Waals surface area contributed by atoms with Crippen LogP contribution in [0, 0.1) is 6.92 Å². The maximum Gasteiger partial charge on any atom is 0.253 e. The van der Waals surface area contributed by atoms with Crippen molar-refractivity contribution in [1.82, 2.24) is 10.3 Å². The van der Waals surface area contributed by atoms with E-state index in [0.717, 1.165) is 16.9 Å². The van der Waals surface area contributed by atoms with E-state index in [0.29, 0.717) is 12.1 Å². The second-order valence-corrected chi connectivity index (χ2v) is 4.68. The summed E-state index contributed by atoms with van der Waals surface area (Å²) in [6, 6.07) is 5.72. The first-order chi connectivity index (χ1) is 8.70. The Balaban J connectivity index is 2.09. The number of aryl methyl sites for hydroxylation is 1. The molecule has 0 atom stereocenters. The van der Waals surface area contributed by atoms with Crippen LogP contribution >= 0.6 is 11.3 Å². The summed E-state index contributed by atoms with van der Waals surface area (Å²) in [6.07, 6.45) is 0. The molecule has 0 bridgehead atoms. The molecule has 0 unspecified atom stereocenters. The highest BCUT2D eigenvalue weighted by Gasteiger charge is 2.10. The number of nitrogens with zero attached hydrogens (tertiary/aromatic N) is 1. The van der Waals surface area contributed by atoms with Crippen molar-refractivity contribution >= 4 is 22.9 Å². The fourth-order valence-electron chi connectivity index (χ4n) is 1.65. The highest BCUT2D eigenvalue weighted by atomic mass is 32.1. The Morgan fingerprint density at radius 2 is 2.28 bits per heavy atom. The van der Waals surface area contributed by atoms with Crippen LogP contribution in [-0.2, 0) is 6.54 Å². The molecule has 2 N–H and O–H groups in total. The molecular weight excluding hydrogens is 246 g/mol. The summed E-state index contributed by atoms with van der Waals surface area (Å²) in [4.78, 5) is 16.2. The monoisotopic (exact) mass is 261 g/mol. The first kappa shape index (κ1) is 12.6. The third kappa shape index (κ3) is 2.87. The zero-order valence-corrected chi connectivity index (χ0v) is 11.2. The lowest BCUT2D eigenvalue weighted by Crippen LogP contribution is -2.23. The van der Waals surface area contributed by atoms with Crippen LogP contribution in [0.1, 0.15) is 21.6 Å². The molecule has 1 heterocycles. The van der Waals surface area contributed by atoms with Crippen molar-refractivity contribution in [2.45, 2.75) is 13.5 Å². The van der Waals surface area contributed by atoms with E-state index >= 15 is 0 Å². The first-order valence-electron chi connectivity index (χ1n) is 5.64. The summed E-state index contributed by atoms with van der Waals surface area (Å²) in [5, 5.41) is 7.82. The molecule has 0 aliphatic carbocycles. The molecule has 0 aliphatic heterocycles. The number of hydrogen-bond donors (Lipinski definition) is 2. The number of amides is 1. The minimum atomic E-state index is -0.0904. The Bertz CT molecular complexity index is 537. The predicted molar refractivity (Wildman–Crippen MR) is 74.0 cm³/mol. The molecule has 1 aromatic carbocycles. The lowest BCUT2D eigenvalue weighted by molar-refractivity contribution is 0.0951. The minimum absolute atomic E-state index is 0.0904. The predicted octanol–water partition coefficient (Wildman–Crippen LogP) is 2.42. The van der Waals surface area contributed by atoms with E-state index in [-0.39, 0.29) is 5.91 Å². The second kappa shape index (κ2) is 5.64. The first-order valence-corrected chi connectivity index (χ1v) is 6.58. The molecule has 18 heavy (non-hydrogen) atoms. The van der Waals surface area contributed by atoms with Crippen molar-refractivity contribution in [3.05, 3.63) is 45.9 Å². The molecule has 0 saturated carbocycles. The summed E-state index contributed by atoms with van der Waals surface area (Å²) in [7, 11) is 1.81. The van der Waals surface area contributed by atoms with Crippen LogP contribution < -0.4 is 10.6 Å². The van der Waals surface area contributed by atoms with E-state index in [1.807, 2.05) is 37.6 Å². The van der Waals surface area contributed by atoms with Gasteiger partial charge in [0.05, 0.1) is 23.3 Å². The molecule has 0 aliphatic rings. The second-order valence-electron chi connectivity index (χ2n) is 3.96. The number of aromatic nitrogens is 1. The van der Waals surface area contributed by atoms with Crippen molar-refractivity contribution in [2.24, 2.45) is 0 Å². The zero-order chi connectivity index (χ0) is 13.0. The quantitative estimate of drug-likeness (QED) is 0.888. The summed E-state index contributed by atoms with van der Waals surface area (Å²) < 4.78 is 0. The maximum absolute atomic E-state index is 12.1. The van der Waals surface area contributed by atoms with E-state index in [9.17, 15) is 4.79 Å². The molecule has 0 radical (unpaired) electrons. The number of carbonyl (C=O) groups excluding carboxylic acids is 1. The summed E-state index contributed by atoms with van der Waals surface area (Å²) in [5.74, 6) is -0.0904. The van der Waals surface area contributed by atoms with Crippen LogP contribution in [0.5, 0.6) is 0 Å². The average Bonchev–Trinajstić information content (AvgIpc) is 2.88. The van der Waals surface area contributed by atoms with Gasteiger partial charge in [-0.15, -0.1) is 11.3 Å². The van der Waals surface area contributed by atoms with Crippen LogP contribution in [0.15, 0.2) is 29.1 Å². The van der Waals surface area contributed by atoms with Gasteiger partial charge in [-0.05, 0) is 24.6 Å². The molecular formula is C13H15N3OS. The third-order valence-corrected chi connectivity index (χ3v) is 3.24. The fraction of sp³-hybridized carbons (Fsp3) is 0.231. The van der Waals surface area contributed by atoms with Crippen LogP contribution in [0.2, 0.25) is 0 Å². The van der Waals surface area contributed by atoms with E-state index in [2.05, 4.69) is 15.6 Å². The zero-order valence-electron chi connectivity index (χ0n) is 10.4. The van der Waals surface area contributed by atoms with Gasteiger partial charge in [0.2, 0.25) is 0 Å². The Morgan fingerprint density at radius 3 is 2.94 bits per heavy atom. The summed E-state index contributed by atoms with van der Waals surface area (Å²) in [6.45, 7) is 2.46. The van der Waals surface area contributed by atoms with Crippen LogP contribution in [0.4, 0.5) is 5.69 Å². The SMILES string of the molecule is CNc1cc(C)ccc1C(=O)NCc1cscn1. The largest absolute Gasteiger partial charge is 0.387 e.